The number of rotatable bonds is 5. The first kappa shape index (κ1) is 13.0. The lowest BCUT2D eigenvalue weighted by Crippen LogP contribution is -1.98. The van der Waals surface area contributed by atoms with Crippen molar-refractivity contribution in [1.82, 2.24) is 9.97 Å². The van der Waals surface area contributed by atoms with Crippen molar-refractivity contribution in [2.24, 2.45) is 0 Å². The van der Waals surface area contributed by atoms with Crippen molar-refractivity contribution in [3.05, 3.63) is 29.3 Å². The molecular formula is C15H15N3OS. The molecule has 3 rings (SSSR count). The number of nitrogens with zero attached hydrogens (tertiary/aromatic N) is 2. The topological polar surface area (TPSA) is 54.9 Å². The molecule has 0 fully saturated rings. The number of carbonyl (C=O) groups excluding carboxylic acids is 1. The van der Waals surface area contributed by atoms with Crippen molar-refractivity contribution in [3.63, 3.8) is 0 Å². The third-order valence-corrected chi connectivity index (χ3v) is 4.36. The van der Waals surface area contributed by atoms with Gasteiger partial charge in [0.05, 0.1) is 15.2 Å². The number of para-hydroxylation sites is 1. The Kier molecular flexibility index (Phi) is 3.60. The highest BCUT2D eigenvalue weighted by Crippen LogP contribution is 2.33. The van der Waals surface area contributed by atoms with Gasteiger partial charge >= 0.3 is 0 Å². The molecule has 1 aromatic carbocycles. The van der Waals surface area contributed by atoms with Gasteiger partial charge in [-0.25, -0.2) is 9.97 Å². The van der Waals surface area contributed by atoms with Crippen molar-refractivity contribution in [2.45, 2.75) is 26.2 Å². The second kappa shape index (κ2) is 5.54. The van der Waals surface area contributed by atoms with Gasteiger partial charge in [-0.1, -0.05) is 31.5 Å². The summed E-state index contributed by atoms with van der Waals surface area (Å²) in [5, 5.41) is 4.87. The van der Waals surface area contributed by atoms with Gasteiger partial charge < -0.3 is 5.32 Å². The lowest BCUT2D eigenvalue weighted by molar-refractivity contribution is -0.105. The fraction of sp³-hybridized carbons (Fsp3) is 0.267. The Morgan fingerprint density at radius 1 is 1.30 bits per heavy atom. The van der Waals surface area contributed by atoms with E-state index in [-0.39, 0.29) is 0 Å². The number of anilines is 1. The molecule has 5 heteroatoms. The number of benzene rings is 1. The second-order valence-corrected chi connectivity index (χ2v) is 5.71. The Balaban J connectivity index is 2.24. The van der Waals surface area contributed by atoms with Gasteiger partial charge in [0.25, 0.3) is 0 Å². The van der Waals surface area contributed by atoms with Crippen LogP contribution in [0.25, 0.3) is 21.1 Å². The number of nitrogens with one attached hydrogen (secondary N) is 1. The molecule has 20 heavy (non-hydrogen) atoms. The van der Waals surface area contributed by atoms with Crippen LogP contribution in [0.15, 0.2) is 24.3 Å². The van der Waals surface area contributed by atoms with Crippen LogP contribution in [0.4, 0.5) is 5.82 Å². The summed E-state index contributed by atoms with van der Waals surface area (Å²) in [6.45, 7) is 2.17. The molecule has 0 spiro atoms. The summed E-state index contributed by atoms with van der Waals surface area (Å²) in [6.07, 6.45) is 3.91. The number of hydrogen-bond donors (Lipinski definition) is 1. The maximum absolute atomic E-state index is 10.8. The molecule has 1 N–H and O–H groups in total. The zero-order valence-corrected chi connectivity index (χ0v) is 12.0. The van der Waals surface area contributed by atoms with Crippen LogP contribution in [-0.4, -0.2) is 16.4 Å². The molecule has 1 amide bonds. The van der Waals surface area contributed by atoms with E-state index in [9.17, 15) is 4.79 Å². The predicted octanol–water partition coefficient (Wildman–Crippen LogP) is 3.76. The summed E-state index contributed by atoms with van der Waals surface area (Å²) in [5.41, 5.74) is 1.68. The zero-order valence-electron chi connectivity index (χ0n) is 11.2. The third-order valence-electron chi connectivity index (χ3n) is 3.22. The van der Waals surface area contributed by atoms with E-state index >= 15 is 0 Å². The molecule has 102 valence electrons. The minimum Gasteiger partial charge on any atom is -0.311 e. The molecule has 0 saturated carbocycles. The second-order valence-electron chi connectivity index (χ2n) is 4.63. The monoisotopic (exact) mass is 285 g/mol. The number of carbonyl (C=O) groups is 1. The van der Waals surface area contributed by atoms with Gasteiger partial charge in [-0.2, -0.15) is 0 Å². The third kappa shape index (κ3) is 2.25. The molecule has 0 unspecified atom stereocenters. The quantitative estimate of drug-likeness (QED) is 0.726. The molecule has 2 heterocycles. The highest BCUT2D eigenvalue weighted by molar-refractivity contribution is 7.19. The van der Waals surface area contributed by atoms with Gasteiger partial charge in [-0.05, 0) is 18.9 Å². The molecule has 0 bridgehead atoms. The normalized spacial score (nSPS) is 11.1. The fourth-order valence-electron chi connectivity index (χ4n) is 2.24. The summed E-state index contributed by atoms with van der Waals surface area (Å²) in [6, 6.07) is 7.96. The van der Waals surface area contributed by atoms with E-state index in [1.54, 1.807) is 11.3 Å². The summed E-state index contributed by atoms with van der Waals surface area (Å²) < 4.78 is 1.10. The van der Waals surface area contributed by atoms with Crippen LogP contribution in [-0.2, 0) is 11.2 Å². The molecular weight excluding hydrogens is 270 g/mol. The maximum Gasteiger partial charge on any atom is 0.212 e. The van der Waals surface area contributed by atoms with E-state index in [2.05, 4.69) is 28.3 Å². The number of hydrogen-bond acceptors (Lipinski definition) is 4. The molecule has 0 aliphatic heterocycles. The van der Waals surface area contributed by atoms with E-state index in [1.807, 2.05) is 18.2 Å². The summed E-state index contributed by atoms with van der Waals surface area (Å²) in [4.78, 5) is 19.9. The summed E-state index contributed by atoms with van der Waals surface area (Å²) in [5.74, 6) is 0.549. The molecule has 3 aromatic rings. The Morgan fingerprint density at radius 2 is 2.15 bits per heavy atom. The maximum atomic E-state index is 10.8. The van der Waals surface area contributed by atoms with Gasteiger partial charge in [0.15, 0.2) is 5.82 Å². The number of unbranched alkanes of at least 4 members (excludes halogenated alkanes) is 1. The van der Waals surface area contributed by atoms with Crippen LogP contribution in [0.5, 0.6) is 0 Å². The zero-order chi connectivity index (χ0) is 13.9. The van der Waals surface area contributed by atoms with Crippen molar-refractivity contribution < 1.29 is 4.79 Å². The van der Waals surface area contributed by atoms with Crippen LogP contribution in [0, 0.1) is 0 Å². The van der Waals surface area contributed by atoms with E-state index in [0.29, 0.717) is 12.2 Å². The number of aryl methyl sites for hydroxylation is 1. The SMILES string of the molecule is CCCCc1nc2c(NC=O)nc3ccccc3c2s1. The van der Waals surface area contributed by atoms with Gasteiger partial charge in [-0.3, -0.25) is 4.79 Å². The van der Waals surface area contributed by atoms with Crippen LogP contribution in [0.3, 0.4) is 0 Å². The molecule has 2 aromatic heterocycles. The standard InChI is InChI=1S/C15H15N3OS/c1-2-3-8-12-18-13-14(20-12)10-6-4-5-7-11(10)17-15(13)16-9-19/h4-7,9H,2-3,8H2,1H3,(H,16,17,19). The smallest absolute Gasteiger partial charge is 0.212 e. The molecule has 0 atom stereocenters. The lowest BCUT2D eigenvalue weighted by Gasteiger charge is -2.02. The first-order valence-electron chi connectivity index (χ1n) is 6.72. The number of amides is 1. The number of fused-ring (bicyclic) bond motifs is 3. The number of thiazole rings is 1. The van der Waals surface area contributed by atoms with Crippen molar-refractivity contribution in [1.29, 1.82) is 0 Å². The fourth-order valence-corrected chi connectivity index (χ4v) is 3.38. The number of pyridine rings is 1. The van der Waals surface area contributed by atoms with Gasteiger partial charge in [0.2, 0.25) is 6.41 Å². The van der Waals surface area contributed by atoms with Gasteiger partial charge in [0, 0.05) is 5.39 Å². The summed E-state index contributed by atoms with van der Waals surface area (Å²) >= 11 is 1.70. The summed E-state index contributed by atoms with van der Waals surface area (Å²) in [7, 11) is 0. The molecule has 0 aliphatic rings. The van der Waals surface area contributed by atoms with Crippen molar-refractivity contribution in [2.75, 3.05) is 5.32 Å². The van der Waals surface area contributed by atoms with E-state index < -0.39 is 0 Å². The molecule has 0 saturated heterocycles. The van der Waals surface area contributed by atoms with Crippen LogP contribution < -0.4 is 5.32 Å². The van der Waals surface area contributed by atoms with Crippen LogP contribution in [0.1, 0.15) is 24.8 Å². The van der Waals surface area contributed by atoms with Crippen LogP contribution in [0.2, 0.25) is 0 Å². The van der Waals surface area contributed by atoms with Crippen molar-refractivity contribution in [3.8, 4) is 0 Å². The van der Waals surface area contributed by atoms with Crippen LogP contribution >= 0.6 is 11.3 Å². The molecule has 0 aliphatic carbocycles. The first-order valence-corrected chi connectivity index (χ1v) is 7.53. The highest BCUT2D eigenvalue weighted by atomic mass is 32.1. The Hall–Kier alpha value is -2.01. The van der Waals surface area contributed by atoms with Crippen molar-refractivity contribution >= 4 is 44.7 Å². The minimum atomic E-state index is 0.549. The van der Waals surface area contributed by atoms with E-state index in [0.717, 1.165) is 45.4 Å². The van der Waals surface area contributed by atoms with E-state index in [4.69, 9.17) is 0 Å². The predicted molar refractivity (Wildman–Crippen MR) is 83.2 cm³/mol. The number of aromatic nitrogens is 2. The first-order chi connectivity index (χ1) is 9.83. The molecule has 4 nitrogen and oxygen atoms in total. The Morgan fingerprint density at radius 3 is 2.95 bits per heavy atom. The largest absolute Gasteiger partial charge is 0.311 e. The average Bonchev–Trinajstić information content (AvgIpc) is 2.90. The van der Waals surface area contributed by atoms with E-state index in [1.165, 1.54) is 0 Å². The minimum absolute atomic E-state index is 0.549. The molecule has 0 radical (unpaired) electrons. The Labute approximate surface area is 120 Å². The van der Waals surface area contributed by atoms with Gasteiger partial charge in [-0.15, -0.1) is 11.3 Å². The highest BCUT2D eigenvalue weighted by Gasteiger charge is 2.13. The lowest BCUT2D eigenvalue weighted by atomic mass is 10.2. The van der Waals surface area contributed by atoms with Gasteiger partial charge in [0.1, 0.15) is 5.52 Å². The Bertz CT molecular complexity index is 766. The average molecular weight is 285 g/mol.